The van der Waals surface area contributed by atoms with E-state index in [2.05, 4.69) is 13.8 Å². The Morgan fingerprint density at radius 2 is 1.91 bits per heavy atom. The van der Waals surface area contributed by atoms with Crippen molar-refractivity contribution < 1.29 is 4.79 Å². The van der Waals surface area contributed by atoms with Crippen molar-refractivity contribution in [2.24, 2.45) is 5.92 Å². The maximum atomic E-state index is 10.8. The molecule has 1 atom stereocenters. The Hall–Kier alpha value is 0.0200. The van der Waals surface area contributed by atoms with E-state index in [1.54, 1.807) is 18.7 Å². The molecule has 0 N–H and O–H groups in total. The molecule has 0 aromatic heterocycles. The zero-order valence-electron chi connectivity index (χ0n) is 7.89. The average Bonchev–Trinajstić information content (AvgIpc) is 1.86. The molecule has 2 heteroatoms. The molecule has 0 aliphatic heterocycles. The van der Waals surface area contributed by atoms with Gasteiger partial charge in [0.05, 0.1) is 5.25 Å². The predicted molar refractivity (Wildman–Crippen MR) is 52.1 cm³/mol. The van der Waals surface area contributed by atoms with Crippen molar-refractivity contribution in [2.45, 2.75) is 39.4 Å². The average molecular weight is 174 g/mol. The van der Waals surface area contributed by atoms with Crippen molar-refractivity contribution >= 4 is 17.5 Å². The monoisotopic (exact) mass is 174 g/mol. The Morgan fingerprint density at radius 1 is 1.36 bits per heavy atom. The summed E-state index contributed by atoms with van der Waals surface area (Å²) in [5.41, 5.74) is 0. The highest BCUT2D eigenvalue weighted by Gasteiger charge is 2.07. The summed E-state index contributed by atoms with van der Waals surface area (Å²) in [5.74, 6) is 2.15. The minimum atomic E-state index is 0.189. The maximum absolute atomic E-state index is 10.8. The van der Waals surface area contributed by atoms with Gasteiger partial charge in [-0.3, -0.25) is 4.79 Å². The third kappa shape index (κ3) is 6.42. The molecule has 0 amide bonds. The molecule has 0 saturated carbocycles. The SMILES string of the molecule is CC(=O)C(C)SCCC(C)C. The van der Waals surface area contributed by atoms with Gasteiger partial charge in [-0.15, -0.1) is 0 Å². The summed E-state index contributed by atoms with van der Waals surface area (Å²) in [5, 5.41) is 0.189. The van der Waals surface area contributed by atoms with Crippen LogP contribution in [0.25, 0.3) is 0 Å². The molecule has 1 nitrogen and oxygen atoms in total. The topological polar surface area (TPSA) is 17.1 Å². The van der Waals surface area contributed by atoms with Crippen molar-refractivity contribution in [1.82, 2.24) is 0 Å². The summed E-state index contributed by atoms with van der Waals surface area (Å²) in [6, 6.07) is 0. The number of hydrogen-bond acceptors (Lipinski definition) is 2. The van der Waals surface area contributed by atoms with E-state index in [1.165, 1.54) is 6.42 Å². The first kappa shape index (κ1) is 11.0. The minimum absolute atomic E-state index is 0.189. The minimum Gasteiger partial charge on any atom is -0.299 e. The molecular weight excluding hydrogens is 156 g/mol. The van der Waals surface area contributed by atoms with Crippen LogP contribution in [-0.4, -0.2) is 16.8 Å². The fraction of sp³-hybridized carbons (Fsp3) is 0.889. The number of carbonyl (C=O) groups excluding carboxylic acids is 1. The molecule has 0 saturated heterocycles. The molecule has 0 spiro atoms. The highest BCUT2D eigenvalue weighted by Crippen LogP contribution is 2.14. The van der Waals surface area contributed by atoms with Crippen molar-refractivity contribution in [3.63, 3.8) is 0 Å². The van der Waals surface area contributed by atoms with E-state index >= 15 is 0 Å². The van der Waals surface area contributed by atoms with Crippen LogP contribution in [-0.2, 0) is 4.79 Å². The van der Waals surface area contributed by atoms with Gasteiger partial charge in [-0.05, 0) is 31.9 Å². The normalized spacial score (nSPS) is 13.5. The lowest BCUT2D eigenvalue weighted by Gasteiger charge is -2.08. The molecule has 0 rings (SSSR count). The van der Waals surface area contributed by atoms with Gasteiger partial charge in [0.1, 0.15) is 5.78 Å². The number of thioether (sulfide) groups is 1. The molecule has 0 fully saturated rings. The van der Waals surface area contributed by atoms with Crippen LogP contribution in [0.3, 0.4) is 0 Å². The first-order chi connectivity index (χ1) is 5.04. The molecule has 0 radical (unpaired) electrons. The molecule has 0 bridgehead atoms. The van der Waals surface area contributed by atoms with Gasteiger partial charge in [0.15, 0.2) is 0 Å². The fourth-order valence-corrected chi connectivity index (χ4v) is 1.79. The Morgan fingerprint density at radius 3 is 2.27 bits per heavy atom. The van der Waals surface area contributed by atoms with E-state index in [0.29, 0.717) is 5.78 Å². The Labute approximate surface area is 73.9 Å². The van der Waals surface area contributed by atoms with E-state index in [1.807, 2.05) is 6.92 Å². The molecule has 0 aromatic rings. The van der Waals surface area contributed by atoms with Gasteiger partial charge in [-0.1, -0.05) is 13.8 Å². The third-order valence-electron chi connectivity index (χ3n) is 1.64. The van der Waals surface area contributed by atoms with Crippen LogP contribution in [0.4, 0.5) is 0 Å². The summed E-state index contributed by atoms with van der Waals surface area (Å²) in [6.07, 6.45) is 1.21. The van der Waals surface area contributed by atoms with Gasteiger partial charge in [0.25, 0.3) is 0 Å². The van der Waals surface area contributed by atoms with E-state index in [9.17, 15) is 4.79 Å². The summed E-state index contributed by atoms with van der Waals surface area (Å²) in [4.78, 5) is 10.8. The second-order valence-electron chi connectivity index (χ2n) is 3.31. The molecular formula is C9H18OS. The number of ketones is 1. The van der Waals surface area contributed by atoms with E-state index in [4.69, 9.17) is 0 Å². The van der Waals surface area contributed by atoms with Crippen LogP contribution >= 0.6 is 11.8 Å². The molecule has 0 heterocycles. The van der Waals surface area contributed by atoms with Crippen LogP contribution in [0.1, 0.15) is 34.1 Å². The third-order valence-corrected chi connectivity index (χ3v) is 2.94. The lowest BCUT2D eigenvalue weighted by Crippen LogP contribution is -2.09. The van der Waals surface area contributed by atoms with E-state index in [-0.39, 0.29) is 5.25 Å². The molecule has 66 valence electrons. The number of Topliss-reactive ketones (excluding diaryl/α,β-unsaturated/α-hetero) is 1. The molecule has 1 unspecified atom stereocenters. The summed E-state index contributed by atoms with van der Waals surface area (Å²) >= 11 is 1.76. The van der Waals surface area contributed by atoms with E-state index < -0.39 is 0 Å². The lowest BCUT2D eigenvalue weighted by atomic mass is 10.2. The fourth-order valence-electron chi connectivity index (χ4n) is 0.598. The smallest absolute Gasteiger partial charge is 0.142 e. The van der Waals surface area contributed by atoms with Crippen LogP contribution in [0, 0.1) is 5.92 Å². The molecule has 0 aromatic carbocycles. The second kappa shape index (κ2) is 5.64. The maximum Gasteiger partial charge on any atom is 0.142 e. The van der Waals surface area contributed by atoms with Gasteiger partial charge in [-0.25, -0.2) is 0 Å². The van der Waals surface area contributed by atoms with Crippen molar-refractivity contribution in [1.29, 1.82) is 0 Å². The highest BCUT2D eigenvalue weighted by molar-refractivity contribution is 8.00. The quantitative estimate of drug-likeness (QED) is 0.637. The van der Waals surface area contributed by atoms with Crippen LogP contribution in [0.15, 0.2) is 0 Å². The van der Waals surface area contributed by atoms with Gasteiger partial charge in [0, 0.05) is 0 Å². The second-order valence-corrected chi connectivity index (χ2v) is 4.75. The van der Waals surface area contributed by atoms with Gasteiger partial charge in [-0.2, -0.15) is 11.8 Å². The molecule has 0 aliphatic rings. The number of carbonyl (C=O) groups is 1. The van der Waals surface area contributed by atoms with Crippen molar-refractivity contribution in [3.8, 4) is 0 Å². The highest BCUT2D eigenvalue weighted by atomic mass is 32.2. The summed E-state index contributed by atoms with van der Waals surface area (Å²) in [7, 11) is 0. The van der Waals surface area contributed by atoms with Crippen LogP contribution in [0.2, 0.25) is 0 Å². The summed E-state index contributed by atoms with van der Waals surface area (Å²) in [6.45, 7) is 8.05. The zero-order chi connectivity index (χ0) is 8.85. The zero-order valence-corrected chi connectivity index (χ0v) is 8.70. The van der Waals surface area contributed by atoms with Crippen LogP contribution in [0.5, 0.6) is 0 Å². The summed E-state index contributed by atoms with van der Waals surface area (Å²) < 4.78 is 0. The Bertz CT molecular complexity index is 121. The molecule has 0 aliphatic carbocycles. The number of rotatable bonds is 5. The number of hydrogen-bond donors (Lipinski definition) is 0. The largest absolute Gasteiger partial charge is 0.299 e. The predicted octanol–water partition coefficient (Wildman–Crippen LogP) is 2.74. The van der Waals surface area contributed by atoms with Gasteiger partial charge in [0.2, 0.25) is 0 Å². The molecule has 11 heavy (non-hydrogen) atoms. The van der Waals surface area contributed by atoms with Crippen LogP contribution < -0.4 is 0 Å². The first-order valence-electron chi connectivity index (χ1n) is 4.16. The van der Waals surface area contributed by atoms with E-state index in [0.717, 1.165) is 11.7 Å². The lowest BCUT2D eigenvalue weighted by molar-refractivity contribution is -0.116. The standard InChI is InChI=1S/C9H18OS/c1-7(2)5-6-11-9(4)8(3)10/h7,9H,5-6H2,1-4H3. The van der Waals surface area contributed by atoms with Crippen molar-refractivity contribution in [2.75, 3.05) is 5.75 Å². The van der Waals surface area contributed by atoms with Gasteiger partial charge < -0.3 is 0 Å². The Kier molecular flexibility index (Phi) is 5.65. The van der Waals surface area contributed by atoms with Crippen molar-refractivity contribution in [3.05, 3.63) is 0 Å². The Balaban J connectivity index is 3.31. The van der Waals surface area contributed by atoms with Gasteiger partial charge >= 0.3 is 0 Å². The first-order valence-corrected chi connectivity index (χ1v) is 5.21.